The van der Waals surface area contributed by atoms with Crippen LogP contribution >= 0.6 is 11.8 Å². The number of aromatic nitrogens is 2. The summed E-state index contributed by atoms with van der Waals surface area (Å²) in [5.41, 5.74) is 6.40. The molecule has 0 spiro atoms. The molecule has 3 atom stereocenters. The number of rotatable bonds is 13. The van der Waals surface area contributed by atoms with Gasteiger partial charge >= 0.3 is 5.97 Å². The minimum atomic E-state index is -1.35. The van der Waals surface area contributed by atoms with E-state index in [1.54, 1.807) is 6.26 Å². The zero-order valence-electron chi connectivity index (χ0n) is 15.9. The summed E-state index contributed by atoms with van der Waals surface area (Å²) in [7, 11) is 0. The third-order valence-corrected chi connectivity index (χ3v) is 4.46. The third-order valence-electron chi connectivity index (χ3n) is 3.81. The first-order valence-electron chi connectivity index (χ1n) is 8.71. The molecule has 13 heteroatoms. The van der Waals surface area contributed by atoms with Gasteiger partial charge in [-0.05, 0) is 18.4 Å². The van der Waals surface area contributed by atoms with E-state index in [-0.39, 0.29) is 12.8 Å². The minimum absolute atomic E-state index is 0.193. The molecule has 0 aromatic carbocycles. The van der Waals surface area contributed by atoms with Crippen LogP contribution in [0.5, 0.6) is 0 Å². The molecule has 3 amide bonds. The molecule has 1 aromatic heterocycles. The molecular weight excluding hydrogens is 404 g/mol. The standard InChI is InChI=1S/C16H26N6O6S/c1-29-3-2-11(16(27)28)22-15(26)12(7-23)21-13(24)6-19-14(25)10(17)4-9-5-18-8-20-9/h5,8,10-12,23H,2-4,6-7,17H2,1H3,(H,18,20)(H,19,25)(H,21,24)(H,22,26)(H,27,28). The molecule has 0 fully saturated rings. The molecular formula is C16H26N6O6S. The number of carbonyl (C=O) groups excluding carboxylic acids is 3. The van der Waals surface area contributed by atoms with Crippen molar-refractivity contribution in [2.75, 3.05) is 25.2 Å². The Kier molecular flexibility index (Phi) is 10.7. The largest absolute Gasteiger partial charge is 0.480 e. The number of carboxylic acids is 1. The third kappa shape index (κ3) is 8.93. The lowest BCUT2D eigenvalue weighted by Crippen LogP contribution is -2.55. The number of nitrogens with one attached hydrogen (secondary N) is 4. The van der Waals surface area contributed by atoms with Crippen LogP contribution in [0.1, 0.15) is 12.1 Å². The van der Waals surface area contributed by atoms with Gasteiger partial charge in [0.1, 0.15) is 12.1 Å². The second-order valence-electron chi connectivity index (χ2n) is 6.09. The van der Waals surface area contributed by atoms with Crippen LogP contribution in [0.25, 0.3) is 0 Å². The Morgan fingerprint density at radius 2 is 1.97 bits per heavy atom. The van der Waals surface area contributed by atoms with Crippen LogP contribution in [-0.2, 0) is 25.6 Å². The Morgan fingerprint density at radius 3 is 2.52 bits per heavy atom. The van der Waals surface area contributed by atoms with E-state index in [0.717, 1.165) is 0 Å². The Labute approximate surface area is 171 Å². The number of hydrogen-bond donors (Lipinski definition) is 7. The number of nitrogens with two attached hydrogens (primary N) is 1. The molecule has 0 bridgehead atoms. The first-order valence-corrected chi connectivity index (χ1v) is 10.1. The summed E-state index contributed by atoms with van der Waals surface area (Å²) in [5, 5.41) is 25.3. The van der Waals surface area contributed by atoms with Crippen LogP contribution in [-0.4, -0.2) is 87.2 Å². The summed E-state index contributed by atoms with van der Waals surface area (Å²) in [4.78, 5) is 53.8. The predicted octanol–water partition coefficient (Wildman–Crippen LogP) is -2.80. The summed E-state index contributed by atoms with van der Waals surface area (Å²) in [6, 6.07) is -3.40. The highest BCUT2D eigenvalue weighted by molar-refractivity contribution is 7.98. The number of amides is 3. The molecule has 3 unspecified atom stereocenters. The number of imidazole rings is 1. The molecule has 1 heterocycles. The number of nitrogens with zero attached hydrogens (tertiary/aromatic N) is 1. The monoisotopic (exact) mass is 430 g/mol. The van der Waals surface area contributed by atoms with Crippen LogP contribution in [0.3, 0.4) is 0 Å². The Bertz CT molecular complexity index is 685. The van der Waals surface area contributed by atoms with Crippen molar-refractivity contribution in [2.45, 2.75) is 31.0 Å². The molecule has 12 nitrogen and oxygen atoms in total. The Morgan fingerprint density at radius 1 is 1.24 bits per heavy atom. The van der Waals surface area contributed by atoms with Crippen LogP contribution in [0, 0.1) is 0 Å². The van der Waals surface area contributed by atoms with E-state index in [9.17, 15) is 24.3 Å². The SMILES string of the molecule is CSCCC(NC(=O)C(CO)NC(=O)CNC(=O)C(N)Cc1cnc[nH]1)C(=O)O. The number of aliphatic carboxylic acids is 1. The van der Waals surface area contributed by atoms with Crippen LogP contribution in [0.2, 0.25) is 0 Å². The summed E-state index contributed by atoms with van der Waals surface area (Å²) in [6.07, 6.45) is 5.16. The van der Waals surface area contributed by atoms with Crippen molar-refractivity contribution in [3.63, 3.8) is 0 Å². The number of carboxylic acid groups (broad SMARTS) is 1. The van der Waals surface area contributed by atoms with Crippen LogP contribution < -0.4 is 21.7 Å². The number of H-pyrrole nitrogens is 1. The van der Waals surface area contributed by atoms with Crippen LogP contribution in [0.4, 0.5) is 0 Å². The number of aromatic amines is 1. The summed E-state index contributed by atoms with van der Waals surface area (Å²) in [6.45, 7) is -1.20. The van der Waals surface area contributed by atoms with Gasteiger partial charge in [0.15, 0.2) is 0 Å². The highest BCUT2D eigenvalue weighted by atomic mass is 32.2. The summed E-state index contributed by atoms with van der Waals surface area (Å²) >= 11 is 1.42. The predicted molar refractivity (Wildman–Crippen MR) is 105 cm³/mol. The van der Waals surface area contributed by atoms with Gasteiger partial charge in [-0.1, -0.05) is 0 Å². The van der Waals surface area contributed by atoms with Gasteiger partial charge in [-0.25, -0.2) is 9.78 Å². The van der Waals surface area contributed by atoms with Gasteiger partial charge in [0, 0.05) is 18.3 Å². The quantitative estimate of drug-likeness (QED) is 0.173. The molecule has 0 saturated heterocycles. The molecule has 1 aromatic rings. The molecule has 162 valence electrons. The van der Waals surface area contributed by atoms with Gasteiger partial charge in [-0.2, -0.15) is 11.8 Å². The number of carbonyl (C=O) groups is 4. The van der Waals surface area contributed by atoms with Gasteiger partial charge < -0.3 is 36.9 Å². The smallest absolute Gasteiger partial charge is 0.326 e. The van der Waals surface area contributed by atoms with Gasteiger partial charge in [0.25, 0.3) is 0 Å². The average molecular weight is 430 g/mol. The van der Waals surface area contributed by atoms with E-state index in [1.807, 2.05) is 0 Å². The highest BCUT2D eigenvalue weighted by Crippen LogP contribution is 2.01. The molecule has 0 saturated carbocycles. The summed E-state index contributed by atoms with van der Waals surface area (Å²) in [5.74, 6) is -2.86. The number of thioether (sulfide) groups is 1. The molecule has 1 rings (SSSR count). The second kappa shape index (κ2) is 12.7. The maximum absolute atomic E-state index is 12.1. The lowest BCUT2D eigenvalue weighted by molar-refractivity contribution is -0.142. The number of aliphatic hydroxyl groups is 1. The lowest BCUT2D eigenvalue weighted by Gasteiger charge is -2.20. The maximum Gasteiger partial charge on any atom is 0.326 e. The van der Waals surface area contributed by atoms with Crippen molar-refractivity contribution >= 4 is 35.5 Å². The topological polar surface area (TPSA) is 200 Å². The molecule has 0 aliphatic carbocycles. The van der Waals surface area contributed by atoms with Crippen molar-refractivity contribution in [1.29, 1.82) is 0 Å². The van der Waals surface area contributed by atoms with Crippen molar-refractivity contribution in [1.82, 2.24) is 25.9 Å². The minimum Gasteiger partial charge on any atom is -0.480 e. The van der Waals surface area contributed by atoms with Crippen molar-refractivity contribution in [2.24, 2.45) is 5.73 Å². The van der Waals surface area contributed by atoms with E-state index < -0.39 is 55.0 Å². The second-order valence-corrected chi connectivity index (χ2v) is 7.07. The zero-order chi connectivity index (χ0) is 21.8. The van der Waals surface area contributed by atoms with Crippen molar-refractivity contribution < 1.29 is 29.4 Å². The fourth-order valence-electron chi connectivity index (χ4n) is 2.23. The Balaban J connectivity index is 2.47. The molecule has 0 aliphatic heterocycles. The molecule has 29 heavy (non-hydrogen) atoms. The normalized spacial score (nSPS) is 13.8. The molecule has 8 N–H and O–H groups in total. The number of aliphatic hydroxyl groups excluding tert-OH is 1. The van der Waals surface area contributed by atoms with Crippen LogP contribution in [0.15, 0.2) is 12.5 Å². The first-order chi connectivity index (χ1) is 13.8. The summed E-state index contributed by atoms with van der Waals surface area (Å²) < 4.78 is 0. The average Bonchev–Trinajstić information content (AvgIpc) is 3.19. The fraction of sp³-hybridized carbons (Fsp3) is 0.562. The van der Waals surface area contributed by atoms with Gasteiger partial charge in [-0.15, -0.1) is 0 Å². The van der Waals surface area contributed by atoms with Gasteiger partial charge in [0.2, 0.25) is 17.7 Å². The fourth-order valence-corrected chi connectivity index (χ4v) is 2.70. The first kappa shape index (κ1) is 24.4. The van der Waals surface area contributed by atoms with Gasteiger partial charge in [0.05, 0.1) is 25.5 Å². The van der Waals surface area contributed by atoms with Crippen molar-refractivity contribution in [3.05, 3.63) is 18.2 Å². The molecule has 0 radical (unpaired) electrons. The van der Waals surface area contributed by atoms with E-state index in [1.165, 1.54) is 24.3 Å². The van der Waals surface area contributed by atoms with E-state index in [2.05, 4.69) is 25.9 Å². The van der Waals surface area contributed by atoms with E-state index >= 15 is 0 Å². The van der Waals surface area contributed by atoms with E-state index in [4.69, 9.17) is 10.8 Å². The highest BCUT2D eigenvalue weighted by Gasteiger charge is 2.26. The lowest BCUT2D eigenvalue weighted by atomic mass is 10.1. The van der Waals surface area contributed by atoms with E-state index in [0.29, 0.717) is 11.4 Å². The molecule has 0 aliphatic rings. The number of hydrogen-bond acceptors (Lipinski definition) is 8. The van der Waals surface area contributed by atoms with Gasteiger partial charge in [-0.3, -0.25) is 14.4 Å². The Hall–Kier alpha value is -2.64. The van der Waals surface area contributed by atoms with Crippen molar-refractivity contribution in [3.8, 4) is 0 Å². The zero-order valence-corrected chi connectivity index (χ0v) is 16.7. The maximum atomic E-state index is 12.1.